The van der Waals surface area contributed by atoms with Crippen LogP contribution < -0.4 is 20.9 Å². The lowest BCUT2D eigenvalue weighted by atomic mass is 9.93. The largest absolute Gasteiger partial charge is 0.433 e. The van der Waals surface area contributed by atoms with Crippen molar-refractivity contribution in [1.82, 2.24) is 19.8 Å². The van der Waals surface area contributed by atoms with E-state index in [1.54, 1.807) is 30.6 Å². The summed E-state index contributed by atoms with van der Waals surface area (Å²) < 4.78 is 47.6. The quantitative estimate of drug-likeness (QED) is 0.291. The van der Waals surface area contributed by atoms with Crippen LogP contribution in [0.1, 0.15) is 58.4 Å². The fourth-order valence-electron chi connectivity index (χ4n) is 5.68. The van der Waals surface area contributed by atoms with E-state index in [1.165, 1.54) is 34.0 Å². The number of hydrogen-bond acceptors (Lipinski definition) is 7. The molecule has 0 saturated carbocycles. The van der Waals surface area contributed by atoms with E-state index in [4.69, 9.17) is 0 Å². The minimum atomic E-state index is -3.33. The average Bonchev–Trinajstić information content (AvgIpc) is 3.19. The van der Waals surface area contributed by atoms with Crippen molar-refractivity contribution in [3.8, 4) is 5.75 Å². The van der Waals surface area contributed by atoms with Crippen LogP contribution in [-0.4, -0.2) is 71.0 Å². The van der Waals surface area contributed by atoms with Gasteiger partial charge in [0.1, 0.15) is 11.9 Å². The summed E-state index contributed by atoms with van der Waals surface area (Å²) in [5.41, 5.74) is 1.06. The molecule has 47 heavy (non-hydrogen) atoms. The van der Waals surface area contributed by atoms with E-state index in [-0.39, 0.29) is 55.1 Å². The smallest absolute Gasteiger partial charge is 0.394 e. The number of carbonyl (C=O) groups is 2. The van der Waals surface area contributed by atoms with Crippen LogP contribution in [0.15, 0.2) is 64.3 Å². The van der Waals surface area contributed by atoms with Gasteiger partial charge in [0.25, 0.3) is 5.56 Å². The van der Waals surface area contributed by atoms with E-state index in [0.29, 0.717) is 42.5 Å². The molecule has 2 atom stereocenters. The molecular formula is C34H45F3N6O4. The highest BCUT2D eigenvalue weighted by atomic mass is 19.3. The highest BCUT2D eigenvalue weighted by Crippen LogP contribution is 2.24. The summed E-state index contributed by atoms with van der Waals surface area (Å²) in [6.45, 7) is 7.74. The van der Waals surface area contributed by atoms with E-state index in [1.807, 2.05) is 6.92 Å². The maximum atomic E-state index is 15.1. The van der Waals surface area contributed by atoms with Crippen LogP contribution in [0.25, 0.3) is 0 Å². The molecule has 0 radical (unpaired) electrons. The molecule has 2 unspecified atom stereocenters. The zero-order valence-corrected chi connectivity index (χ0v) is 27.3. The van der Waals surface area contributed by atoms with Crippen molar-refractivity contribution in [3.05, 3.63) is 70.3 Å². The standard InChI is InChI=1S/C34H45F3N6O4/c1-4-41-14-9-25(10-15-41)19-31(44)40-28-12-17-42(32(45)20-28)16-11-27(35)22-43-23-30(24(2)8-13-39-43)33(46)38-21-26-6-5-7-29(18-26)47-34(3,36)37/h5-7,12-13,17-18,20,23-25,27H,4,8-11,14-16,19,21-22H2,1-3H3,(H,38,46)(H,40,44). The van der Waals surface area contributed by atoms with Gasteiger partial charge in [-0.25, -0.2) is 4.39 Å². The molecule has 10 nitrogen and oxygen atoms in total. The summed E-state index contributed by atoms with van der Waals surface area (Å²) in [5.74, 6) is -0.366. The normalized spacial score (nSPS) is 18.3. The first kappa shape index (κ1) is 35.7. The number of nitrogens with one attached hydrogen (secondary N) is 2. The second-order valence-corrected chi connectivity index (χ2v) is 12.3. The van der Waals surface area contributed by atoms with E-state index in [2.05, 4.69) is 32.3 Å². The van der Waals surface area contributed by atoms with Gasteiger partial charge in [-0.2, -0.15) is 13.9 Å². The molecule has 0 bridgehead atoms. The molecule has 2 N–H and O–H groups in total. The third-order valence-corrected chi connectivity index (χ3v) is 8.40. The Kier molecular flexibility index (Phi) is 12.6. The van der Waals surface area contributed by atoms with Crippen molar-refractivity contribution in [2.75, 3.05) is 31.5 Å². The topological polar surface area (TPSA) is 108 Å². The zero-order chi connectivity index (χ0) is 34.0. The van der Waals surface area contributed by atoms with Crippen LogP contribution in [0, 0.1) is 11.8 Å². The molecular weight excluding hydrogens is 613 g/mol. The highest BCUT2D eigenvalue weighted by Gasteiger charge is 2.24. The number of hydrogen-bond donors (Lipinski definition) is 2. The number of carbonyl (C=O) groups excluding carboxylic acids is 2. The number of alkyl halides is 3. The first-order valence-corrected chi connectivity index (χ1v) is 16.2. The molecule has 2 amide bonds. The highest BCUT2D eigenvalue weighted by molar-refractivity contribution is 5.94. The van der Waals surface area contributed by atoms with Crippen LogP contribution in [-0.2, 0) is 22.7 Å². The number of aryl methyl sites for hydroxylation is 1. The first-order chi connectivity index (χ1) is 22.4. The molecule has 1 saturated heterocycles. The van der Waals surface area contributed by atoms with Gasteiger partial charge in [-0.05, 0) is 80.9 Å². The Hall–Kier alpha value is -4.13. The molecule has 2 aromatic rings. The molecule has 1 aromatic heterocycles. The third kappa shape index (κ3) is 11.6. The number of amides is 2. The Morgan fingerprint density at radius 3 is 2.64 bits per heavy atom. The SMILES string of the molecule is CCN1CCC(CC(=O)Nc2ccn(CCC(F)CN3C=C(C(=O)NCc4cccc(OC(C)(F)F)c4)C(C)CC=N3)c(=O)c2)CC1. The molecule has 3 heterocycles. The lowest BCUT2D eigenvalue weighted by molar-refractivity contribution is -0.159. The van der Waals surface area contributed by atoms with Crippen molar-refractivity contribution in [2.24, 2.45) is 16.9 Å². The number of ether oxygens (including phenoxy) is 1. The number of anilines is 1. The molecule has 4 rings (SSSR count). The van der Waals surface area contributed by atoms with Crippen molar-refractivity contribution >= 4 is 23.7 Å². The van der Waals surface area contributed by atoms with Crippen molar-refractivity contribution in [2.45, 2.75) is 78.2 Å². The molecule has 2 aliphatic heterocycles. The van der Waals surface area contributed by atoms with Gasteiger partial charge in [-0.1, -0.05) is 26.0 Å². The van der Waals surface area contributed by atoms with Gasteiger partial charge >= 0.3 is 6.11 Å². The van der Waals surface area contributed by atoms with Crippen molar-refractivity contribution in [3.63, 3.8) is 0 Å². The van der Waals surface area contributed by atoms with Gasteiger partial charge in [0.15, 0.2) is 0 Å². The Morgan fingerprint density at radius 2 is 1.94 bits per heavy atom. The molecule has 1 fully saturated rings. The molecule has 2 aliphatic rings. The van der Waals surface area contributed by atoms with Gasteiger partial charge in [0, 0.05) is 62.4 Å². The maximum absolute atomic E-state index is 15.1. The lowest BCUT2D eigenvalue weighted by Crippen LogP contribution is -2.34. The number of piperidine rings is 1. The minimum absolute atomic E-state index is 0.0153. The van der Waals surface area contributed by atoms with E-state index >= 15 is 4.39 Å². The summed E-state index contributed by atoms with van der Waals surface area (Å²) in [5, 5.41) is 11.3. The van der Waals surface area contributed by atoms with Gasteiger partial charge < -0.3 is 24.8 Å². The van der Waals surface area contributed by atoms with Gasteiger partial charge in [0.2, 0.25) is 11.8 Å². The van der Waals surface area contributed by atoms with Gasteiger partial charge in [-0.15, -0.1) is 0 Å². The summed E-state index contributed by atoms with van der Waals surface area (Å²) in [6.07, 6.45) is 2.91. The summed E-state index contributed by atoms with van der Waals surface area (Å²) in [4.78, 5) is 40.7. The molecule has 13 heteroatoms. The summed E-state index contributed by atoms with van der Waals surface area (Å²) in [6, 6.07) is 9.07. The van der Waals surface area contributed by atoms with Crippen LogP contribution in [0.5, 0.6) is 5.75 Å². The van der Waals surface area contributed by atoms with Gasteiger partial charge in [-0.3, -0.25) is 19.4 Å². The van der Waals surface area contributed by atoms with Crippen LogP contribution >= 0.6 is 0 Å². The third-order valence-electron chi connectivity index (χ3n) is 8.40. The van der Waals surface area contributed by atoms with Crippen molar-refractivity contribution in [1.29, 1.82) is 0 Å². The summed E-state index contributed by atoms with van der Waals surface area (Å²) >= 11 is 0. The summed E-state index contributed by atoms with van der Waals surface area (Å²) in [7, 11) is 0. The molecule has 1 aromatic carbocycles. The number of benzene rings is 1. The number of pyridine rings is 1. The maximum Gasteiger partial charge on any atom is 0.394 e. The Balaban J connectivity index is 1.26. The predicted molar refractivity (Wildman–Crippen MR) is 175 cm³/mol. The second kappa shape index (κ2) is 16.6. The Morgan fingerprint density at radius 1 is 1.17 bits per heavy atom. The van der Waals surface area contributed by atoms with Crippen LogP contribution in [0.3, 0.4) is 0 Å². The van der Waals surface area contributed by atoms with E-state index in [9.17, 15) is 23.2 Å². The predicted octanol–water partition coefficient (Wildman–Crippen LogP) is 5.16. The Labute approximate surface area is 273 Å². The minimum Gasteiger partial charge on any atom is -0.433 e. The fourth-order valence-corrected chi connectivity index (χ4v) is 5.68. The number of nitrogens with zero attached hydrogens (tertiary/aromatic N) is 4. The second-order valence-electron chi connectivity index (χ2n) is 12.3. The first-order valence-electron chi connectivity index (χ1n) is 16.2. The molecule has 256 valence electrons. The fraction of sp³-hybridized carbons (Fsp3) is 0.529. The average molecular weight is 659 g/mol. The lowest BCUT2D eigenvalue weighted by Gasteiger charge is -2.30. The zero-order valence-electron chi connectivity index (χ0n) is 27.3. The molecule has 0 spiro atoms. The van der Waals surface area contributed by atoms with Gasteiger partial charge in [0.05, 0.1) is 6.54 Å². The Bertz CT molecular complexity index is 1480. The van der Waals surface area contributed by atoms with Crippen LogP contribution in [0.4, 0.5) is 18.9 Å². The number of likely N-dealkylation sites (tertiary alicyclic amines) is 1. The monoisotopic (exact) mass is 658 g/mol. The number of hydrazone groups is 1. The molecule has 0 aliphatic carbocycles. The van der Waals surface area contributed by atoms with E-state index < -0.39 is 12.3 Å². The number of halogens is 3. The number of aromatic nitrogens is 1. The van der Waals surface area contributed by atoms with Crippen molar-refractivity contribution < 1.29 is 27.5 Å². The number of rotatable bonds is 14. The van der Waals surface area contributed by atoms with Crippen LogP contribution in [0.2, 0.25) is 0 Å². The van der Waals surface area contributed by atoms with E-state index in [0.717, 1.165) is 32.5 Å².